The molecular weight excluding hydrogens is 265 g/mol. The lowest BCUT2D eigenvalue weighted by atomic mass is 10.2. The van der Waals surface area contributed by atoms with E-state index in [1.807, 2.05) is 6.92 Å². The zero-order valence-electron chi connectivity index (χ0n) is 10.6. The summed E-state index contributed by atoms with van der Waals surface area (Å²) in [7, 11) is 0. The average molecular weight is 280 g/mol. The van der Waals surface area contributed by atoms with Crippen molar-refractivity contribution in [2.24, 2.45) is 0 Å². The van der Waals surface area contributed by atoms with E-state index in [1.54, 1.807) is 0 Å². The SMILES string of the molecule is CCCCc1nc(C(F)(F)F)c(C(=O)OCC)n1O. The molecule has 0 spiro atoms. The highest BCUT2D eigenvalue weighted by Crippen LogP contribution is 2.32. The number of unbranched alkanes of at least 4 members (excludes halogenated alkanes) is 1. The third-order valence-electron chi connectivity index (χ3n) is 2.41. The monoisotopic (exact) mass is 280 g/mol. The molecule has 0 saturated heterocycles. The Hall–Kier alpha value is -1.73. The van der Waals surface area contributed by atoms with Crippen LogP contribution in [0, 0.1) is 0 Å². The number of rotatable bonds is 5. The zero-order valence-corrected chi connectivity index (χ0v) is 10.6. The van der Waals surface area contributed by atoms with Gasteiger partial charge < -0.3 is 9.94 Å². The smallest absolute Gasteiger partial charge is 0.435 e. The number of halogens is 3. The molecule has 1 aromatic heterocycles. The number of hydrogen-bond acceptors (Lipinski definition) is 4. The number of carbonyl (C=O) groups excluding carboxylic acids is 1. The summed E-state index contributed by atoms with van der Waals surface area (Å²) in [5.41, 5.74) is -2.39. The predicted octanol–water partition coefficient (Wildman–Crippen LogP) is 2.66. The topological polar surface area (TPSA) is 64.3 Å². The summed E-state index contributed by atoms with van der Waals surface area (Å²) in [6.45, 7) is 3.22. The van der Waals surface area contributed by atoms with Gasteiger partial charge in [-0.25, -0.2) is 9.78 Å². The number of aryl methyl sites for hydroxylation is 1. The van der Waals surface area contributed by atoms with Crippen molar-refractivity contribution in [1.29, 1.82) is 0 Å². The quantitative estimate of drug-likeness (QED) is 0.665. The Balaban J connectivity index is 3.24. The number of aromatic nitrogens is 2. The van der Waals surface area contributed by atoms with Gasteiger partial charge in [-0.2, -0.15) is 17.9 Å². The first-order valence-electron chi connectivity index (χ1n) is 5.88. The Morgan fingerprint density at radius 3 is 2.53 bits per heavy atom. The highest BCUT2D eigenvalue weighted by molar-refractivity contribution is 5.89. The molecule has 1 rings (SSSR count). The maximum Gasteiger partial charge on any atom is 0.435 e. The third kappa shape index (κ3) is 3.39. The molecule has 108 valence electrons. The highest BCUT2D eigenvalue weighted by atomic mass is 19.4. The van der Waals surface area contributed by atoms with Crippen LogP contribution < -0.4 is 0 Å². The lowest BCUT2D eigenvalue weighted by Gasteiger charge is -2.06. The van der Waals surface area contributed by atoms with Crippen LogP contribution >= 0.6 is 0 Å². The number of ether oxygens (including phenoxy) is 1. The van der Waals surface area contributed by atoms with Crippen molar-refractivity contribution in [1.82, 2.24) is 9.71 Å². The van der Waals surface area contributed by atoms with Gasteiger partial charge in [0.2, 0.25) is 0 Å². The number of alkyl halides is 3. The van der Waals surface area contributed by atoms with Gasteiger partial charge in [0.25, 0.3) is 0 Å². The Labute approximate surface area is 108 Å². The number of esters is 1. The third-order valence-corrected chi connectivity index (χ3v) is 2.41. The summed E-state index contributed by atoms with van der Waals surface area (Å²) in [5.74, 6) is -1.44. The Morgan fingerprint density at radius 2 is 2.05 bits per heavy atom. The number of nitrogens with zero attached hydrogens (tertiary/aromatic N) is 2. The minimum Gasteiger partial charge on any atom is -0.461 e. The molecule has 0 fully saturated rings. The standard InChI is InChI=1S/C11H15F3N2O3/c1-3-5-6-7-15-9(11(12,13)14)8(16(7)18)10(17)19-4-2/h18H,3-6H2,1-2H3. The second-order valence-electron chi connectivity index (χ2n) is 3.86. The fourth-order valence-corrected chi connectivity index (χ4v) is 1.54. The number of carbonyl (C=O) groups is 1. The molecule has 0 aliphatic carbocycles. The van der Waals surface area contributed by atoms with E-state index in [0.29, 0.717) is 6.42 Å². The van der Waals surface area contributed by atoms with Crippen LogP contribution in [0.25, 0.3) is 0 Å². The Bertz CT molecular complexity index is 455. The van der Waals surface area contributed by atoms with E-state index in [9.17, 15) is 23.2 Å². The maximum absolute atomic E-state index is 12.8. The van der Waals surface area contributed by atoms with Crippen molar-refractivity contribution in [2.75, 3.05) is 6.61 Å². The van der Waals surface area contributed by atoms with Crippen LogP contribution in [-0.2, 0) is 17.3 Å². The first-order chi connectivity index (χ1) is 8.82. The summed E-state index contributed by atoms with van der Waals surface area (Å²) in [4.78, 5) is 14.8. The van der Waals surface area contributed by atoms with E-state index in [0.717, 1.165) is 6.42 Å². The zero-order chi connectivity index (χ0) is 14.6. The van der Waals surface area contributed by atoms with Crippen LogP contribution in [0.5, 0.6) is 0 Å². The summed E-state index contributed by atoms with van der Waals surface area (Å²) in [5, 5.41) is 9.65. The van der Waals surface area contributed by atoms with Crippen molar-refractivity contribution in [3.8, 4) is 0 Å². The van der Waals surface area contributed by atoms with Gasteiger partial charge in [0, 0.05) is 6.42 Å². The van der Waals surface area contributed by atoms with Gasteiger partial charge in [0.15, 0.2) is 11.4 Å². The van der Waals surface area contributed by atoms with Crippen LogP contribution in [0.15, 0.2) is 0 Å². The molecule has 0 atom stereocenters. The van der Waals surface area contributed by atoms with E-state index < -0.39 is 23.5 Å². The second kappa shape index (κ2) is 5.94. The summed E-state index contributed by atoms with van der Waals surface area (Å²) in [6.07, 6.45) is -3.40. The van der Waals surface area contributed by atoms with Gasteiger partial charge in [0.1, 0.15) is 5.82 Å². The molecule has 0 aliphatic heterocycles. The molecule has 0 bridgehead atoms. The van der Waals surface area contributed by atoms with Gasteiger partial charge in [-0.15, -0.1) is 0 Å². The lowest BCUT2D eigenvalue weighted by molar-refractivity contribution is -0.141. The van der Waals surface area contributed by atoms with E-state index in [2.05, 4.69) is 9.72 Å². The van der Waals surface area contributed by atoms with Gasteiger partial charge in [0.05, 0.1) is 6.61 Å². The Morgan fingerprint density at radius 1 is 1.42 bits per heavy atom. The predicted molar refractivity (Wildman–Crippen MR) is 59.0 cm³/mol. The molecule has 0 saturated carbocycles. The largest absolute Gasteiger partial charge is 0.461 e. The van der Waals surface area contributed by atoms with Gasteiger partial charge in [-0.05, 0) is 13.3 Å². The van der Waals surface area contributed by atoms with Crippen LogP contribution in [0.1, 0.15) is 48.7 Å². The van der Waals surface area contributed by atoms with Gasteiger partial charge in [-0.3, -0.25) is 0 Å². The molecule has 0 aliphatic rings. The van der Waals surface area contributed by atoms with Crippen molar-refractivity contribution in [3.05, 3.63) is 17.2 Å². The van der Waals surface area contributed by atoms with Gasteiger partial charge >= 0.3 is 12.1 Å². The second-order valence-corrected chi connectivity index (χ2v) is 3.86. The highest BCUT2D eigenvalue weighted by Gasteiger charge is 2.42. The first-order valence-corrected chi connectivity index (χ1v) is 5.88. The molecule has 1 aromatic rings. The molecule has 8 heteroatoms. The minimum atomic E-state index is -4.82. The minimum absolute atomic E-state index is 0.0917. The van der Waals surface area contributed by atoms with E-state index in [-0.39, 0.29) is 23.6 Å². The number of hydrogen-bond donors (Lipinski definition) is 1. The maximum atomic E-state index is 12.8. The van der Waals surface area contributed by atoms with E-state index in [1.165, 1.54) is 6.92 Å². The lowest BCUT2D eigenvalue weighted by Crippen LogP contribution is -2.18. The van der Waals surface area contributed by atoms with Crippen LogP contribution in [0.4, 0.5) is 13.2 Å². The Kier molecular flexibility index (Phi) is 4.79. The molecule has 1 heterocycles. The first kappa shape index (κ1) is 15.3. The van der Waals surface area contributed by atoms with Crippen molar-refractivity contribution >= 4 is 5.97 Å². The van der Waals surface area contributed by atoms with Crippen LogP contribution in [0.3, 0.4) is 0 Å². The van der Waals surface area contributed by atoms with Crippen molar-refractivity contribution in [2.45, 2.75) is 39.3 Å². The van der Waals surface area contributed by atoms with Gasteiger partial charge in [-0.1, -0.05) is 13.3 Å². The molecule has 0 amide bonds. The van der Waals surface area contributed by atoms with Crippen LogP contribution in [-0.4, -0.2) is 27.5 Å². The van der Waals surface area contributed by atoms with Crippen molar-refractivity contribution in [3.63, 3.8) is 0 Å². The molecule has 1 N–H and O–H groups in total. The number of imidazole rings is 1. The van der Waals surface area contributed by atoms with Crippen LogP contribution in [0.2, 0.25) is 0 Å². The summed E-state index contributed by atoms with van der Waals surface area (Å²) in [6, 6.07) is 0. The summed E-state index contributed by atoms with van der Waals surface area (Å²) >= 11 is 0. The molecule has 5 nitrogen and oxygen atoms in total. The van der Waals surface area contributed by atoms with E-state index in [4.69, 9.17) is 0 Å². The molecule has 0 radical (unpaired) electrons. The average Bonchev–Trinajstić information content (AvgIpc) is 2.64. The fourth-order valence-electron chi connectivity index (χ4n) is 1.54. The normalized spacial score (nSPS) is 11.6. The molecule has 19 heavy (non-hydrogen) atoms. The molecule has 0 aromatic carbocycles. The molecular formula is C11H15F3N2O3. The van der Waals surface area contributed by atoms with E-state index >= 15 is 0 Å². The summed E-state index contributed by atoms with van der Waals surface area (Å²) < 4.78 is 43.0. The van der Waals surface area contributed by atoms with Crippen molar-refractivity contribution < 1.29 is 27.9 Å². The molecule has 0 unspecified atom stereocenters. The fraction of sp³-hybridized carbons (Fsp3) is 0.636.